The predicted octanol–water partition coefficient (Wildman–Crippen LogP) is 3.40. The van der Waals surface area contributed by atoms with Crippen molar-refractivity contribution in [2.75, 3.05) is 32.7 Å². The van der Waals surface area contributed by atoms with Crippen LogP contribution in [-0.4, -0.2) is 48.4 Å². The minimum Gasteiger partial charge on any atom is -0.336 e. The summed E-state index contributed by atoms with van der Waals surface area (Å²) in [5.74, 6) is 0.167. The molecule has 3 heteroatoms. The average molecular weight is 296 g/mol. The van der Waals surface area contributed by atoms with Gasteiger partial charge in [0.15, 0.2) is 0 Å². The SMILES string of the molecule is CCCCN1CCN(C(=O)c2ccc3ccccc3c2)CC1. The molecule has 22 heavy (non-hydrogen) atoms. The fourth-order valence-corrected chi connectivity index (χ4v) is 3.06. The maximum Gasteiger partial charge on any atom is 0.253 e. The van der Waals surface area contributed by atoms with Gasteiger partial charge in [-0.05, 0) is 35.9 Å². The van der Waals surface area contributed by atoms with Gasteiger partial charge in [-0.1, -0.05) is 43.7 Å². The Hall–Kier alpha value is -1.87. The number of fused-ring (bicyclic) bond motifs is 1. The molecule has 1 saturated heterocycles. The van der Waals surface area contributed by atoms with Crippen molar-refractivity contribution in [1.29, 1.82) is 0 Å². The van der Waals surface area contributed by atoms with Gasteiger partial charge in [-0.3, -0.25) is 9.69 Å². The maximum atomic E-state index is 12.7. The van der Waals surface area contributed by atoms with Crippen LogP contribution in [-0.2, 0) is 0 Å². The number of benzene rings is 2. The van der Waals surface area contributed by atoms with Gasteiger partial charge >= 0.3 is 0 Å². The highest BCUT2D eigenvalue weighted by molar-refractivity contribution is 5.98. The second-order valence-corrected chi connectivity index (χ2v) is 6.05. The highest BCUT2D eigenvalue weighted by Crippen LogP contribution is 2.17. The summed E-state index contributed by atoms with van der Waals surface area (Å²) in [6.45, 7) is 7.07. The Bertz CT molecular complexity index is 645. The van der Waals surface area contributed by atoms with Gasteiger partial charge in [0.1, 0.15) is 0 Å². The Balaban J connectivity index is 1.66. The zero-order chi connectivity index (χ0) is 15.4. The monoisotopic (exact) mass is 296 g/mol. The van der Waals surface area contributed by atoms with Crippen molar-refractivity contribution in [2.24, 2.45) is 0 Å². The lowest BCUT2D eigenvalue weighted by atomic mass is 10.1. The summed E-state index contributed by atoms with van der Waals surface area (Å²) in [5.41, 5.74) is 0.806. The number of carbonyl (C=O) groups is 1. The smallest absolute Gasteiger partial charge is 0.253 e. The first-order valence-corrected chi connectivity index (χ1v) is 8.28. The largest absolute Gasteiger partial charge is 0.336 e. The van der Waals surface area contributed by atoms with Gasteiger partial charge in [0.25, 0.3) is 5.91 Å². The van der Waals surface area contributed by atoms with Crippen LogP contribution in [0.3, 0.4) is 0 Å². The van der Waals surface area contributed by atoms with Crippen LogP contribution in [0.15, 0.2) is 42.5 Å². The van der Waals surface area contributed by atoms with E-state index in [9.17, 15) is 4.79 Å². The van der Waals surface area contributed by atoms with E-state index in [0.717, 1.165) is 43.7 Å². The number of hydrogen-bond acceptors (Lipinski definition) is 2. The van der Waals surface area contributed by atoms with Crippen LogP contribution >= 0.6 is 0 Å². The van der Waals surface area contributed by atoms with Crippen LogP contribution in [0.25, 0.3) is 10.8 Å². The number of hydrogen-bond donors (Lipinski definition) is 0. The van der Waals surface area contributed by atoms with Crippen molar-refractivity contribution in [3.8, 4) is 0 Å². The predicted molar refractivity (Wildman–Crippen MR) is 91.2 cm³/mol. The molecule has 0 N–H and O–H groups in total. The summed E-state index contributed by atoms with van der Waals surface area (Å²) in [6, 6.07) is 14.2. The van der Waals surface area contributed by atoms with Gasteiger partial charge in [0, 0.05) is 31.7 Å². The Labute approximate surface area is 132 Å². The molecule has 1 aliphatic heterocycles. The second kappa shape index (κ2) is 6.93. The van der Waals surface area contributed by atoms with E-state index in [1.807, 2.05) is 35.2 Å². The Kier molecular flexibility index (Phi) is 4.74. The number of piperazine rings is 1. The highest BCUT2D eigenvalue weighted by atomic mass is 16.2. The number of unbranched alkanes of at least 4 members (excludes halogenated alkanes) is 1. The quantitative estimate of drug-likeness (QED) is 0.863. The molecule has 0 unspecified atom stereocenters. The van der Waals surface area contributed by atoms with Gasteiger partial charge in [-0.25, -0.2) is 0 Å². The lowest BCUT2D eigenvalue weighted by molar-refractivity contribution is 0.0636. The van der Waals surface area contributed by atoms with Crippen LogP contribution in [0.2, 0.25) is 0 Å². The Morgan fingerprint density at radius 1 is 1.00 bits per heavy atom. The van der Waals surface area contributed by atoms with Crippen LogP contribution in [0.4, 0.5) is 0 Å². The zero-order valence-corrected chi connectivity index (χ0v) is 13.3. The number of amides is 1. The van der Waals surface area contributed by atoms with E-state index in [2.05, 4.69) is 24.0 Å². The number of rotatable bonds is 4. The second-order valence-electron chi connectivity index (χ2n) is 6.05. The molecule has 0 atom stereocenters. The number of nitrogens with zero attached hydrogens (tertiary/aromatic N) is 2. The van der Waals surface area contributed by atoms with Crippen molar-refractivity contribution in [3.63, 3.8) is 0 Å². The van der Waals surface area contributed by atoms with E-state index in [1.54, 1.807) is 0 Å². The summed E-state index contributed by atoms with van der Waals surface area (Å²) >= 11 is 0. The van der Waals surface area contributed by atoms with E-state index < -0.39 is 0 Å². The van der Waals surface area contributed by atoms with E-state index in [-0.39, 0.29) is 5.91 Å². The third-order valence-electron chi connectivity index (χ3n) is 4.48. The lowest BCUT2D eigenvalue weighted by Gasteiger charge is -2.34. The molecular weight excluding hydrogens is 272 g/mol. The third-order valence-corrected chi connectivity index (χ3v) is 4.48. The molecule has 0 bridgehead atoms. The number of carbonyl (C=O) groups excluding carboxylic acids is 1. The van der Waals surface area contributed by atoms with Crippen molar-refractivity contribution >= 4 is 16.7 Å². The molecule has 0 spiro atoms. The Morgan fingerprint density at radius 2 is 1.73 bits per heavy atom. The summed E-state index contributed by atoms with van der Waals surface area (Å²) in [7, 11) is 0. The fraction of sp³-hybridized carbons (Fsp3) is 0.421. The van der Waals surface area contributed by atoms with Gasteiger partial charge in [-0.2, -0.15) is 0 Å². The normalized spacial score (nSPS) is 16.1. The van der Waals surface area contributed by atoms with Gasteiger partial charge < -0.3 is 4.90 Å². The van der Waals surface area contributed by atoms with Crippen molar-refractivity contribution in [2.45, 2.75) is 19.8 Å². The van der Waals surface area contributed by atoms with Gasteiger partial charge in [0.05, 0.1) is 0 Å². The Morgan fingerprint density at radius 3 is 2.45 bits per heavy atom. The molecule has 1 amide bonds. The van der Waals surface area contributed by atoms with E-state index in [4.69, 9.17) is 0 Å². The fourth-order valence-electron chi connectivity index (χ4n) is 3.06. The molecule has 3 rings (SSSR count). The molecule has 1 heterocycles. The molecule has 0 saturated carbocycles. The lowest BCUT2D eigenvalue weighted by Crippen LogP contribution is -2.48. The van der Waals surface area contributed by atoms with Crippen molar-refractivity contribution < 1.29 is 4.79 Å². The maximum absolute atomic E-state index is 12.7. The molecule has 116 valence electrons. The van der Waals surface area contributed by atoms with Crippen molar-refractivity contribution in [3.05, 3.63) is 48.0 Å². The van der Waals surface area contributed by atoms with Gasteiger partial charge in [-0.15, -0.1) is 0 Å². The molecule has 3 nitrogen and oxygen atoms in total. The standard InChI is InChI=1S/C19H24N2O/c1-2-3-10-20-11-13-21(14-12-20)19(22)18-9-8-16-6-4-5-7-17(16)15-18/h4-9,15H,2-3,10-14H2,1H3. The first kappa shape index (κ1) is 15.0. The highest BCUT2D eigenvalue weighted by Gasteiger charge is 2.21. The van der Waals surface area contributed by atoms with Crippen LogP contribution < -0.4 is 0 Å². The third kappa shape index (κ3) is 3.30. The molecule has 0 aromatic heterocycles. The van der Waals surface area contributed by atoms with Crippen LogP contribution in [0.5, 0.6) is 0 Å². The van der Waals surface area contributed by atoms with E-state index in [0.29, 0.717) is 0 Å². The van der Waals surface area contributed by atoms with Crippen LogP contribution in [0, 0.1) is 0 Å². The van der Waals surface area contributed by atoms with E-state index >= 15 is 0 Å². The summed E-state index contributed by atoms with van der Waals surface area (Å²) in [6.07, 6.45) is 2.48. The molecule has 0 radical (unpaired) electrons. The summed E-state index contributed by atoms with van der Waals surface area (Å²) in [4.78, 5) is 17.1. The molecule has 1 aliphatic rings. The zero-order valence-electron chi connectivity index (χ0n) is 13.3. The molecule has 1 fully saturated rings. The van der Waals surface area contributed by atoms with Gasteiger partial charge in [0.2, 0.25) is 0 Å². The first-order valence-electron chi connectivity index (χ1n) is 8.28. The van der Waals surface area contributed by atoms with Crippen LogP contribution in [0.1, 0.15) is 30.1 Å². The summed E-state index contributed by atoms with van der Waals surface area (Å²) < 4.78 is 0. The first-order chi connectivity index (χ1) is 10.8. The summed E-state index contributed by atoms with van der Waals surface area (Å²) in [5, 5.41) is 2.32. The molecule has 0 aliphatic carbocycles. The van der Waals surface area contributed by atoms with E-state index in [1.165, 1.54) is 18.2 Å². The topological polar surface area (TPSA) is 23.6 Å². The average Bonchev–Trinajstić information content (AvgIpc) is 2.59. The molecule has 2 aromatic carbocycles. The molecular formula is C19H24N2O. The van der Waals surface area contributed by atoms with Crippen molar-refractivity contribution in [1.82, 2.24) is 9.80 Å². The minimum absolute atomic E-state index is 0.167. The molecule has 2 aromatic rings. The minimum atomic E-state index is 0.167.